The van der Waals surface area contributed by atoms with E-state index in [0.29, 0.717) is 11.4 Å². The first-order chi connectivity index (χ1) is 8.97. The van der Waals surface area contributed by atoms with Gasteiger partial charge in [-0.25, -0.2) is 4.98 Å². The summed E-state index contributed by atoms with van der Waals surface area (Å²) in [5.74, 6) is -0.426. The molecule has 6 nitrogen and oxygen atoms in total. The molecule has 1 amide bonds. The lowest BCUT2D eigenvalue weighted by molar-refractivity contribution is 0.102. The Morgan fingerprint density at radius 1 is 1.16 bits per heavy atom. The van der Waals surface area contributed by atoms with Crippen LogP contribution in [0.3, 0.4) is 0 Å². The number of nitrogens with one attached hydrogen (secondary N) is 1. The smallest absolute Gasteiger partial charge is 0.261 e. The lowest BCUT2D eigenvalue weighted by Crippen LogP contribution is -2.15. The van der Waals surface area contributed by atoms with E-state index in [0.717, 1.165) is 5.56 Å². The molecular weight excluding hydrogens is 244 g/mol. The molecule has 0 bridgehead atoms. The zero-order valence-corrected chi connectivity index (χ0v) is 10.9. The van der Waals surface area contributed by atoms with Crippen molar-refractivity contribution in [1.82, 2.24) is 15.2 Å². The molecule has 0 aliphatic rings. The molecule has 0 saturated heterocycles. The van der Waals surface area contributed by atoms with Crippen molar-refractivity contribution in [2.75, 3.05) is 5.32 Å². The van der Waals surface area contributed by atoms with Crippen molar-refractivity contribution >= 4 is 11.9 Å². The summed E-state index contributed by atoms with van der Waals surface area (Å²) < 4.78 is 0. The van der Waals surface area contributed by atoms with Gasteiger partial charge in [-0.1, -0.05) is 6.07 Å². The third-order valence-corrected chi connectivity index (χ3v) is 2.72. The minimum Gasteiger partial charge on any atom is -0.507 e. The minimum absolute atomic E-state index is 0.0747. The largest absolute Gasteiger partial charge is 0.507 e. The lowest BCUT2D eigenvalue weighted by Gasteiger charge is -2.06. The van der Waals surface area contributed by atoms with E-state index in [1.165, 1.54) is 6.07 Å². The summed E-state index contributed by atoms with van der Waals surface area (Å²) in [6.07, 6.45) is 0. The summed E-state index contributed by atoms with van der Waals surface area (Å²) in [4.78, 5) is 16.1. The molecular formula is C13H14N4O2. The van der Waals surface area contributed by atoms with E-state index in [9.17, 15) is 9.90 Å². The molecule has 0 saturated carbocycles. The molecule has 0 radical (unpaired) electrons. The molecule has 0 unspecified atom stereocenters. The highest BCUT2D eigenvalue weighted by Crippen LogP contribution is 2.19. The van der Waals surface area contributed by atoms with Crippen molar-refractivity contribution in [3.05, 3.63) is 40.7 Å². The molecule has 2 rings (SSSR count). The minimum atomic E-state index is -0.470. The number of anilines is 1. The molecule has 2 N–H and O–H groups in total. The van der Waals surface area contributed by atoms with Gasteiger partial charge in [-0.2, -0.15) is 5.10 Å². The Morgan fingerprint density at radius 3 is 2.53 bits per heavy atom. The molecule has 98 valence electrons. The van der Waals surface area contributed by atoms with Gasteiger partial charge in [-0.3, -0.25) is 10.1 Å². The molecule has 0 fully saturated rings. The van der Waals surface area contributed by atoms with Crippen molar-refractivity contribution in [3.63, 3.8) is 0 Å². The van der Waals surface area contributed by atoms with Gasteiger partial charge in [0, 0.05) is 0 Å². The number of benzene rings is 1. The normalized spacial score (nSPS) is 10.3. The summed E-state index contributed by atoms with van der Waals surface area (Å²) in [7, 11) is 0. The molecule has 0 spiro atoms. The summed E-state index contributed by atoms with van der Waals surface area (Å²) in [6, 6.07) is 4.82. The average molecular weight is 258 g/mol. The molecule has 1 heterocycles. The van der Waals surface area contributed by atoms with Gasteiger partial charge in [0.25, 0.3) is 5.91 Å². The standard InChI is InChI=1S/C13H14N4O2/c1-7-4-5-10(11(18)6-7)12(19)15-13-14-8(2)9(3)16-17-13/h4-6,18H,1-3H3,(H,14,15,17,19). The van der Waals surface area contributed by atoms with Gasteiger partial charge in [0.05, 0.1) is 17.0 Å². The van der Waals surface area contributed by atoms with Gasteiger partial charge >= 0.3 is 0 Å². The molecule has 0 atom stereocenters. The van der Waals surface area contributed by atoms with Gasteiger partial charge < -0.3 is 5.11 Å². The average Bonchev–Trinajstić information content (AvgIpc) is 2.33. The predicted molar refractivity (Wildman–Crippen MR) is 70.1 cm³/mol. The second kappa shape index (κ2) is 5.01. The fourth-order valence-corrected chi connectivity index (χ4v) is 1.51. The molecule has 0 aliphatic heterocycles. The van der Waals surface area contributed by atoms with Crippen LogP contribution in [0.15, 0.2) is 18.2 Å². The van der Waals surface area contributed by atoms with E-state index in [-0.39, 0.29) is 17.3 Å². The number of nitrogens with zero attached hydrogens (tertiary/aromatic N) is 3. The number of aryl methyl sites for hydroxylation is 3. The number of hydrogen-bond acceptors (Lipinski definition) is 5. The highest BCUT2D eigenvalue weighted by Gasteiger charge is 2.13. The zero-order chi connectivity index (χ0) is 14.0. The number of hydrogen-bond donors (Lipinski definition) is 2. The number of phenols is 1. The van der Waals surface area contributed by atoms with Gasteiger partial charge in [-0.05, 0) is 38.5 Å². The van der Waals surface area contributed by atoms with Crippen molar-refractivity contribution < 1.29 is 9.90 Å². The topological polar surface area (TPSA) is 88.0 Å². The van der Waals surface area contributed by atoms with Crippen molar-refractivity contribution in [1.29, 1.82) is 0 Å². The van der Waals surface area contributed by atoms with Crippen LogP contribution in [-0.4, -0.2) is 26.2 Å². The number of phenolic OH excluding ortho intramolecular Hbond substituents is 1. The molecule has 1 aromatic carbocycles. The van der Waals surface area contributed by atoms with Crippen LogP contribution in [0.4, 0.5) is 5.95 Å². The van der Waals surface area contributed by atoms with E-state index in [2.05, 4.69) is 20.5 Å². The van der Waals surface area contributed by atoms with Crippen LogP contribution < -0.4 is 5.32 Å². The van der Waals surface area contributed by atoms with Gasteiger partial charge in [0.15, 0.2) is 0 Å². The Morgan fingerprint density at radius 2 is 1.89 bits per heavy atom. The highest BCUT2D eigenvalue weighted by atomic mass is 16.3. The summed E-state index contributed by atoms with van der Waals surface area (Å²) >= 11 is 0. The number of amides is 1. The Bertz CT molecular complexity index is 641. The fourth-order valence-electron chi connectivity index (χ4n) is 1.51. The Kier molecular flexibility index (Phi) is 3.41. The Balaban J connectivity index is 2.23. The maximum Gasteiger partial charge on any atom is 0.261 e. The zero-order valence-electron chi connectivity index (χ0n) is 10.9. The van der Waals surface area contributed by atoms with Gasteiger partial charge in [0.1, 0.15) is 5.75 Å². The van der Waals surface area contributed by atoms with Crippen LogP contribution in [-0.2, 0) is 0 Å². The number of carbonyl (C=O) groups excluding carboxylic acids is 1. The van der Waals surface area contributed by atoms with Crippen molar-refractivity contribution in [2.45, 2.75) is 20.8 Å². The predicted octanol–water partition coefficient (Wildman–Crippen LogP) is 1.75. The van der Waals surface area contributed by atoms with E-state index >= 15 is 0 Å². The summed E-state index contributed by atoms with van der Waals surface area (Å²) in [5, 5.41) is 19.9. The molecule has 2 aromatic rings. The van der Waals surface area contributed by atoms with Crippen molar-refractivity contribution in [3.8, 4) is 5.75 Å². The monoisotopic (exact) mass is 258 g/mol. The number of rotatable bonds is 2. The molecule has 1 aromatic heterocycles. The first kappa shape index (κ1) is 12.9. The summed E-state index contributed by atoms with van der Waals surface area (Å²) in [5.41, 5.74) is 2.44. The fraction of sp³-hybridized carbons (Fsp3) is 0.231. The van der Waals surface area contributed by atoms with Crippen LogP contribution in [0.25, 0.3) is 0 Å². The van der Waals surface area contributed by atoms with Gasteiger partial charge in [0.2, 0.25) is 5.95 Å². The van der Waals surface area contributed by atoms with Crippen LogP contribution in [0.1, 0.15) is 27.3 Å². The quantitative estimate of drug-likeness (QED) is 0.856. The van der Waals surface area contributed by atoms with Crippen molar-refractivity contribution in [2.24, 2.45) is 0 Å². The second-order valence-corrected chi connectivity index (χ2v) is 4.28. The number of carbonyl (C=O) groups is 1. The van der Waals surface area contributed by atoms with Crippen LogP contribution in [0.5, 0.6) is 5.75 Å². The number of aromatic hydroxyl groups is 1. The highest BCUT2D eigenvalue weighted by molar-refractivity contribution is 6.05. The molecule has 0 aliphatic carbocycles. The Hall–Kier alpha value is -2.50. The number of aromatic nitrogens is 3. The van der Waals surface area contributed by atoms with Crippen LogP contribution in [0, 0.1) is 20.8 Å². The molecule has 6 heteroatoms. The second-order valence-electron chi connectivity index (χ2n) is 4.28. The van der Waals surface area contributed by atoms with Crippen LogP contribution in [0.2, 0.25) is 0 Å². The van der Waals surface area contributed by atoms with Gasteiger partial charge in [-0.15, -0.1) is 5.10 Å². The Labute approximate surface area is 110 Å². The summed E-state index contributed by atoms with van der Waals surface area (Å²) in [6.45, 7) is 5.40. The van der Waals surface area contributed by atoms with E-state index in [1.807, 2.05) is 6.92 Å². The van der Waals surface area contributed by atoms with E-state index < -0.39 is 5.91 Å². The van der Waals surface area contributed by atoms with E-state index in [1.54, 1.807) is 26.0 Å². The van der Waals surface area contributed by atoms with E-state index in [4.69, 9.17) is 0 Å². The lowest BCUT2D eigenvalue weighted by atomic mass is 10.1. The maximum absolute atomic E-state index is 12.0. The maximum atomic E-state index is 12.0. The third kappa shape index (κ3) is 2.85. The molecule has 19 heavy (non-hydrogen) atoms. The van der Waals surface area contributed by atoms with Crippen LogP contribution >= 0.6 is 0 Å². The first-order valence-electron chi connectivity index (χ1n) is 5.76. The third-order valence-electron chi connectivity index (χ3n) is 2.72. The SMILES string of the molecule is Cc1ccc(C(=O)Nc2nnc(C)c(C)n2)c(O)c1. The first-order valence-corrected chi connectivity index (χ1v) is 5.76.